The number of allylic oxidation sites excluding steroid dienone is 10. The quantitative estimate of drug-likeness (QED) is 0.132. The standard InChI is InChI=1S/C12H20F2O.C8H14.C6H12.C3H8.C3H6.3C2H6/c1-5-7-10(9(3)4)8-11(6-2)15-12(13)14;1-4-6-8(3)7-5-2;1-3-5-6-4-2;2*1-3-2;3*1-2/h7-9,12H,5-6H2,1-4H3;4,7H,1,5-6H2,2-3H3;3,5H,4,6H2,1-2H3;3H2,1-2H3;3H,1H2,2H3;3*1-2H3/b10-7+,11-8+;8-7+;5-3+;;;;;. The van der Waals surface area contributed by atoms with E-state index in [-0.39, 0.29) is 0 Å². The van der Waals surface area contributed by atoms with Crippen molar-refractivity contribution in [3.05, 3.63) is 72.6 Å². The molecule has 3 heteroatoms. The molecule has 0 radical (unpaired) electrons. The summed E-state index contributed by atoms with van der Waals surface area (Å²) in [5.74, 6) is 0.672. The van der Waals surface area contributed by atoms with Crippen molar-refractivity contribution >= 4 is 0 Å². The lowest BCUT2D eigenvalue weighted by Gasteiger charge is -2.11. The van der Waals surface area contributed by atoms with Crippen LogP contribution < -0.4 is 0 Å². The van der Waals surface area contributed by atoms with E-state index < -0.39 is 6.61 Å². The van der Waals surface area contributed by atoms with Gasteiger partial charge in [0, 0.05) is 6.42 Å². The van der Waals surface area contributed by atoms with E-state index in [2.05, 4.69) is 77.7 Å². The van der Waals surface area contributed by atoms with Crippen molar-refractivity contribution in [2.75, 3.05) is 0 Å². The predicted octanol–water partition coefficient (Wildman–Crippen LogP) is 15.5. The maximum atomic E-state index is 12.0. The van der Waals surface area contributed by atoms with Gasteiger partial charge in [-0.05, 0) is 64.0 Å². The number of rotatable bonds is 11. The molecule has 0 spiro atoms. The molecule has 0 N–H and O–H groups in total. The van der Waals surface area contributed by atoms with Crippen molar-refractivity contribution in [1.82, 2.24) is 0 Å². The first kappa shape index (κ1) is 58.7. The molecule has 0 saturated heterocycles. The lowest BCUT2D eigenvalue weighted by atomic mass is 10.0. The highest BCUT2D eigenvalue weighted by Crippen LogP contribution is 2.18. The van der Waals surface area contributed by atoms with Gasteiger partial charge < -0.3 is 4.74 Å². The molecule has 41 heavy (non-hydrogen) atoms. The van der Waals surface area contributed by atoms with E-state index in [9.17, 15) is 8.78 Å². The summed E-state index contributed by atoms with van der Waals surface area (Å²) in [6, 6.07) is 0. The highest BCUT2D eigenvalue weighted by atomic mass is 19.3. The molecule has 0 heterocycles. The molecule has 0 aromatic heterocycles. The molecule has 0 saturated carbocycles. The van der Waals surface area contributed by atoms with Gasteiger partial charge >= 0.3 is 6.61 Å². The van der Waals surface area contributed by atoms with Crippen molar-refractivity contribution in [1.29, 1.82) is 0 Å². The molecule has 0 aromatic carbocycles. The first-order valence-corrected chi connectivity index (χ1v) is 16.4. The molecule has 0 bridgehead atoms. The molecule has 0 fully saturated rings. The fourth-order valence-corrected chi connectivity index (χ4v) is 2.21. The van der Waals surface area contributed by atoms with Crippen LogP contribution in [0.1, 0.15) is 163 Å². The van der Waals surface area contributed by atoms with Crippen molar-refractivity contribution < 1.29 is 13.5 Å². The smallest absolute Gasteiger partial charge is 0.387 e. The zero-order valence-electron chi connectivity index (χ0n) is 31.2. The molecule has 0 unspecified atom stereocenters. The number of halogens is 2. The van der Waals surface area contributed by atoms with Gasteiger partial charge in [-0.15, -0.1) is 13.2 Å². The summed E-state index contributed by atoms with van der Waals surface area (Å²) in [6.45, 7) is 38.8. The highest BCUT2D eigenvalue weighted by Gasteiger charge is 2.07. The highest BCUT2D eigenvalue weighted by molar-refractivity contribution is 5.22. The van der Waals surface area contributed by atoms with Crippen molar-refractivity contribution in [3.8, 4) is 0 Å². The second kappa shape index (κ2) is 66.4. The number of hydrogen-bond donors (Lipinski definition) is 0. The average molecular weight is 589 g/mol. The van der Waals surface area contributed by atoms with Crippen LogP contribution in [-0.4, -0.2) is 6.61 Å². The third-order valence-electron chi connectivity index (χ3n) is 3.73. The van der Waals surface area contributed by atoms with Crippen LogP contribution in [-0.2, 0) is 4.74 Å². The Morgan fingerprint density at radius 3 is 1.44 bits per heavy atom. The van der Waals surface area contributed by atoms with E-state index in [0.717, 1.165) is 24.8 Å². The van der Waals surface area contributed by atoms with E-state index in [1.165, 1.54) is 24.8 Å². The molecule has 250 valence electrons. The summed E-state index contributed by atoms with van der Waals surface area (Å²) < 4.78 is 28.5. The van der Waals surface area contributed by atoms with Gasteiger partial charge in [0.2, 0.25) is 0 Å². The van der Waals surface area contributed by atoms with Gasteiger partial charge in [-0.1, -0.05) is 152 Å². The van der Waals surface area contributed by atoms with E-state index in [4.69, 9.17) is 0 Å². The van der Waals surface area contributed by atoms with Gasteiger partial charge in [0.15, 0.2) is 0 Å². The Balaban J connectivity index is -0.0000000592. The minimum atomic E-state index is -2.73. The zero-order valence-corrected chi connectivity index (χ0v) is 31.2. The van der Waals surface area contributed by atoms with Crippen LogP contribution in [0.25, 0.3) is 0 Å². The summed E-state index contributed by atoms with van der Waals surface area (Å²) in [5.41, 5.74) is 2.47. The summed E-state index contributed by atoms with van der Waals surface area (Å²) >= 11 is 0. The van der Waals surface area contributed by atoms with Gasteiger partial charge in [-0.2, -0.15) is 8.78 Å². The lowest BCUT2D eigenvalue weighted by Crippen LogP contribution is -2.00. The molecular weight excluding hydrogens is 510 g/mol. The van der Waals surface area contributed by atoms with Gasteiger partial charge in [0.1, 0.15) is 5.76 Å². The third kappa shape index (κ3) is 85.5. The minimum absolute atomic E-state index is 0.327. The summed E-state index contributed by atoms with van der Waals surface area (Å²) in [7, 11) is 0. The largest absolute Gasteiger partial charge is 0.439 e. The second-order valence-electron chi connectivity index (χ2n) is 8.03. The molecular formula is C38H78F2O. The molecule has 0 amide bonds. The molecule has 1 nitrogen and oxygen atoms in total. The van der Waals surface area contributed by atoms with Crippen LogP contribution in [0.4, 0.5) is 8.78 Å². The van der Waals surface area contributed by atoms with E-state index in [1.807, 2.05) is 81.4 Å². The van der Waals surface area contributed by atoms with E-state index in [1.54, 1.807) is 19.1 Å². The van der Waals surface area contributed by atoms with Gasteiger partial charge in [-0.3, -0.25) is 0 Å². The predicted molar refractivity (Wildman–Crippen MR) is 193 cm³/mol. The average Bonchev–Trinajstić information content (AvgIpc) is 2.96. The molecule has 0 aliphatic heterocycles. The fraction of sp³-hybridized carbons (Fsp3) is 0.684. The number of hydrogen-bond acceptors (Lipinski definition) is 1. The first-order chi connectivity index (χ1) is 19.6. The Morgan fingerprint density at radius 1 is 0.805 bits per heavy atom. The summed E-state index contributed by atoms with van der Waals surface area (Å²) in [5, 5.41) is 0. The monoisotopic (exact) mass is 589 g/mol. The fourth-order valence-electron chi connectivity index (χ4n) is 2.21. The Morgan fingerprint density at radius 2 is 1.22 bits per heavy atom. The number of alkyl halides is 2. The van der Waals surface area contributed by atoms with Crippen LogP contribution in [0, 0.1) is 5.92 Å². The molecule has 0 aliphatic carbocycles. The first-order valence-electron chi connectivity index (χ1n) is 16.4. The molecule has 0 rings (SSSR count). The van der Waals surface area contributed by atoms with Crippen LogP contribution >= 0.6 is 0 Å². The Hall–Kier alpha value is -1.90. The van der Waals surface area contributed by atoms with Crippen LogP contribution in [0.3, 0.4) is 0 Å². The SMILES string of the molecule is C/C=C/CCC.C=CC.C=CC/C(C)=C/CC.CC.CC.CC.CC/C=C(\C=C(/CC)OC(F)F)C(C)C.CCC. The maximum absolute atomic E-state index is 12.0. The molecule has 0 aromatic rings. The van der Waals surface area contributed by atoms with Gasteiger partial charge in [0.25, 0.3) is 0 Å². The van der Waals surface area contributed by atoms with Crippen molar-refractivity contribution in [2.45, 2.75) is 169 Å². The van der Waals surface area contributed by atoms with Crippen LogP contribution in [0.5, 0.6) is 0 Å². The minimum Gasteiger partial charge on any atom is -0.439 e. The van der Waals surface area contributed by atoms with Crippen molar-refractivity contribution in [2.24, 2.45) is 5.92 Å². The van der Waals surface area contributed by atoms with Crippen LogP contribution in [0.2, 0.25) is 0 Å². The van der Waals surface area contributed by atoms with Gasteiger partial charge in [-0.25, -0.2) is 0 Å². The Kier molecular flexibility index (Phi) is 95.1. The van der Waals surface area contributed by atoms with E-state index >= 15 is 0 Å². The molecule has 0 atom stereocenters. The summed E-state index contributed by atoms with van der Waals surface area (Å²) in [6.07, 6.45) is 21.2. The number of unbranched alkanes of at least 4 members (excludes halogenated alkanes) is 1. The molecule has 0 aliphatic rings. The van der Waals surface area contributed by atoms with E-state index in [0.29, 0.717) is 18.1 Å². The maximum Gasteiger partial charge on any atom is 0.387 e. The Bertz CT molecular complexity index is 538. The Labute approximate surface area is 261 Å². The number of ether oxygens (including phenoxy) is 1. The van der Waals surface area contributed by atoms with Gasteiger partial charge in [0.05, 0.1) is 0 Å². The van der Waals surface area contributed by atoms with Crippen molar-refractivity contribution in [3.63, 3.8) is 0 Å². The topological polar surface area (TPSA) is 9.23 Å². The summed E-state index contributed by atoms with van der Waals surface area (Å²) in [4.78, 5) is 0. The third-order valence-corrected chi connectivity index (χ3v) is 3.73. The lowest BCUT2D eigenvalue weighted by molar-refractivity contribution is -0.0980. The normalized spacial score (nSPS) is 10.0. The second-order valence-corrected chi connectivity index (χ2v) is 8.03. The zero-order chi connectivity index (χ0) is 34.5. The van der Waals surface area contributed by atoms with Crippen LogP contribution in [0.15, 0.2) is 72.6 Å².